The molecule has 1 saturated heterocycles. The van der Waals surface area contributed by atoms with Crippen molar-refractivity contribution in [1.82, 2.24) is 10.2 Å². The van der Waals surface area contributed by atoms with Gasteiger partial charge in [0, 0.05) is 63.8 Å². The smallest absolute Gasteiger partial charge is 0.378 e. The number of alkyl halides is 3. The Bertz CT molecular complexity index is 1140. The Labute approximate surface area is 210 Å². The first-order valence-corrected chi connectivity index (χ1v) is 12.0. The highest BCUT2D eigenvalue weighted by molar-refractivity contribution is 5.94. The van der Waals surface area contributed by atoms with E-state index in [0.717, 1.165) is 49.6 Å². The van der Waals surface area contributed by atoms with Crippen LogP contribution in [0.5, 0.6) is 0 Å². The molecule has 0 aromatic heterocycles. The van der Waals surface area contributed by atoms with Gasteiger partial charge in [0.05, 0.1) is 11.6 Å². The summed E-state index contributed by atoms with van der Waals surface area (Å²) in [6.45, 7) is 3.58. The van der Waals surface area contributed by atoms with E-state index in [4.69, 9.17) is 0 Å². The zero-order valence-corrected chi connectivity index (χ0v) is 20.5. The van der Waals surface area contributed by atoms with Crippen LogP contribution in [0.1, 0.15) is 27.5 Å². The van der Waals surface area contributed by atoms with Crippen LogP contribution >= 0.6 is 0 Å². The molecule has 0 bridgehead atoms. The SMILES string of the molecule is CN(C)c1ccc(C(CNC(=O)c2cccc(C(F)(F)F)c2)N2CCN(c3ccccc3)CC2)cc1. The maximum Gasteiger partial charge on any atom is 0.416 e. The summed E-state index contributed by atoms with van der Waals surface area (Å²) in [5.74, 6) is -0.515. The molecule has 36 heavy (non-hydrogen) atoms. The summed E-state index contributed by atoms with van der Waals surface area (Å²) < 4.78 is 39.3. The molecular formula is C28H31F3N4O. The first kappa shape index (κ1) is 25.6. The van der Waals surface area contributed by atoms with Crippen LogP contribution in [-0.4, -0.2) is 57.6 Å². The molecule has 1 amide bonds. The van der Waals surface area contributed by atoms with Crippen molar-refractivity contribution < 1.29 is 18.0 Å². The van der Waals surface area contributed by atoms with E-state index in [-0.39, 0.29) is 11.6 Å². The molecule has 4 rings (SSSR count). The molecule has 5 nitrogen and oxygen atoms in total. The molecule has 1 heterocycles. The Hall–Kier alpha value is -3.52. The van der Waals surface area contributed by atoms with Gasteiger partial charge in [-0.2, -0.15) is 13.2 Å². The number of hydrogen-bond acceptors (Lipinski definition) is 4. The minimum atomic E-state index is -4.49. The van der Waals surface area contributed by atoms with Crippen LogP contribution < -0.4 is 15.1 Å². The first-order chi connectivity index (χ1) is 17.2. The zero-order valence-electron chi connectivity index (χ0n) is 20.5. The van der Waals surface area contributed by atoms with Crippen LogP contribution in [0, 0.1) is 0 Å². The molecule has 1 atom stereocenters. The third kappa shape index (κ3) is 6.18. The van der Waals surface area contributed by atoms with E-state index in [1.165, 1.54) is 17.8 Å². The molecule has 0 spiro atoms. The molecule has 3 aromatic carbocycles. The van der Waals surface area contributed by atoms with Gasteiger partial charge >= 0.3 is 6.18 Å². The third-order valence-electron chi connectivity index (χ3n) is 6.58. The summed E-state index contributed by atoms with van der Waals surface area (Å²) in [6.07, 6.45) is -4.49. The van der Waals surface area contributed by atoms with Gasteiger partial charge in [-0.25, -0.2) is 0 Å². The fourth-order valence-corrected chi connectivity index (χ4v) is 4.51. The highest BCUT2D eigenvalue weighted by Gasteiger charge is 2.31. The second kappa shape index (κ2) is 11.0. The van der Waals surface area contributed by atoms with E-state index in [1.807, 2.05) is 49.3 Å². The lowest BCUT2D eigenvalue weighted by Gasteiger charge is -2.40. The average Bonchev–Trinajstić information content (AvgIpc) is 2.89. The van der Waals surface area contributed by atoms with Crippen LogP contribution in [0.25, 0.3) is 0 Å². The Morgan fingerprint density at radius 1 is 0.917 bits per heavy atom. The molecule has 0 aliphatic carbocycles. The van der Waals surface area contributed by atoms with Gasteiger partial charge < -0.3 is 15.1 Å². The predicted molar refractivity (Wildman–Crippen MR) is 138 cm³/mol. The number of nitrogens with one attached hydrogen (secondary N) is 1. The van der Waals surface area contributed by atoms with Gasteiger partial charge in [0.1, 0.15) is 0 Å². The number of para-hydroxylation sites is 1. The van der Waals surface area contributed by atoms with E-state index in [2.05, 4.69) is 39.4 Å². The van der Waals surface area contributed by atoms with Crippen molar-refractivity contribution in [2.45, 2.75) is 12.2 Å². The molecule has 8 heteroatoms. The van der Waals surface area contributed by atoms with Crippen molar-refractivity contribution in [3.8, 4) is 0 Å². The third-order valence-corrected chi connectivity index (χ3v) is 6.58. The first-order valence-electron chi connectivity index (χ1n) is 12.0. The van der Waals surface area contributed by atoms with E-state index < -0.39 is 17.6 Å². The summed E-state index contributed by atoms with van der Waals surface area (Å²) in [4.78, 5) is 19.5. The Morgan fingerprint density at radius 3 is 2.19 bits per heavy atom. The van der Waals surface area contributed by atoms with Crippen LogP contribution in [-0.2, 0) is 6.18 Å². The minimum Gasteiger partial charge on any atom is -0.378 e. The van der Waals surface area contributed by atoms with Gasteiger partial charge in [-0.3, -0.25) is 9.69 Å². The van der Waals surface area contributed by atoms with Crippen molar-refractivity contribution in [3.05, 3.63) is 95.6 Å². The number of halogens is 3. The Balaban J connectivity index is 1.49. The second-order valence-electron chi connectivity index (χ2n) is 9.15. The lowest BCUT2D eigenvalue weighted by Crippen LogP contribution is -2.50. The minimum absolute atomic E-state index is 0.000396. The van der Waals surface area contributed by atoms with E-state index >= 15 is 0 Å². The fourth-order valence-electron chi connectivity index (χ4n) is 4.51. The molecule has 1 N–H and O–H groups in total. The predicted octanol–water partition coefficient (Wildman–Crippen LogP) is 5.06. The van der Waals surface area contributed by atoms with Gasteiger partial charge in [0.25, 0.3) is 5.91 Å². The maximum absolute atomic E-state index is 13.1. The van der Waals surface area contributed by atoms with Gasteiger partial charge in [-0.15, -0.1) is 0 Å². The number of amides is 1. The summed E-state index contributed by atoms with van der Waals surface area (Å²) in [7, 11) is 3.95. The van der Waals surface area contributed by atoms with Crippen LogP contribution in [0.2, 0.25) is 0 Å². The summed E-state index contributed by atoms with van der Waals surface area (Å²) in [5.41, 5.74) is 2.47. The van der Waals surface area contributed by atoms with Crippen molar-refractivity contribution in [1.29, 1.82) is 0 Å². The number of rotatable bonds is 7. The Kier molecular flexibility index (Phi) is 7.84. The molecule has 1 aliphatic rings. The zero-order chi connectivity index (χ0) is 25.7. The summed E-state index contributed by atoms with van der Waals surface area (Å²) in [5, 5.41) is 2.88. The summed E-state index contributed by atoms with van der Waals surface area (Å²) >= 11 is 0. The van der Waals surface area contributed by atoms with E-state index in [9.17, 15) is 18.0 Å². The number of piperazine rings is 1. The van der Waals surface area contributed by atoms with Crippen LogP contribution in [0.4, 0.5) is 24.5 Å². The van der Waals surface area contributed by atoms with Crippen molar-refractivity contribution in [2.75, 3.05) is 56.6 Å². The van der Waals surface area contributed by atoms with Crippen LogP contribution in [0.15, 0.2) is 78.9 Å². The lowest BCUT2D eigenvalue weighted by atomic mass is 10.0. The van der Waals surface area contributed by atoms with Crippen molar-refractivity contribution >= 4 is 17.3 Å². The normalized spacial score (nSPS) is 15.4. The van der Waals surface area contributed by atoms with Gasteiger partial charge in [-0.1, -0.05) is 36.4 Å². The van der Waals surface area contributed by atoms with Crippen LogP contribution in [0.3, 0.4) is 0 Å². The Morgan fingerprint density at radius 2 is 1.58 bits per heavy atom. The topological polar surface area (TPSA) is 38.8 Å². The molecule has 0 saturated carbocycles. The number of carbonyl (C=O) groups excluding carboxylic acids is 1. The van der Waals surface area contributed by atoms with Crippen molar-refractivity contribution in [3.63, 3.8) is 0 Å². The molecule has 1 unspecified atom stereocenters. The average molecular weight is 497 g/mol. The molecule has 1 fully saturated rings. The van der Waals surface area contributed by atoms with E-state index in [1.54, 1.807) is 0 Å². The molecular weight excluding hydrogens is 465 g/mol. The number of anilines is 2. The van der Waals surface area contributed by atoms with E-state index in [0.29, 0.717) is 6.54 Å². The maximum atomic E-state index is 13.1. The highest BCUT2D eigenvalue weighted by atomic mass is 19.4. The number of benzene rings is 3. The van der Waals surface area contributed by atoms with Crippen molar-refractivity contribution in [2.24, 2.45) is 0 Å². The standard InChI is InChI=1S/C28H31F3N4O/c1-33(2)24-13-11-21(12-14-24)26(35-17-15-34(16-18-35)25-9-4-3-5-10-25)20-32-27(36)22-7-6-8-23(19-22)28(29,30)31/h3-14,19,26H,15-18,20H2,1-2H3,(H,32,36). The fraction of sp³-hybridized carbons (Fsp3) is 0.321. The second-order valence-corrected chi connectivity index (χ2v) is 9.15. The summed E-state index contributed by atoms with van der Waals surface area (Å²) in [6, 6.07) is 22.9. The lowest BCUT2D eigenvalue weighted by molar-refractivity contribution is -0.137. The monoisotopic (exact) mass is 496 g/mol. The number of hydrogen-bond donors (Lipinski definition) is 1. The molecule has 190 valence electrons. The quantitative estimate of drug-likeness (QED) is 0.496. The molecule has 0 radical (unpaired) electrons. The number of nitrogens with zero attached hydrogens (tertiary/aromatic N) is 3. The van der Waals surface area contributed by atoms with Gasteiger partial charge in [0.2, 0.25) is 0 Å². The van der Waals surface area contributed by atoms with Gasteiger partial charge in [-0.05, 0) is 48.0 Å². The van der Waals surface area contributed by atoms with Gasteiger partial charge in [0.15, 0.2) is 0 Å². The largest absolute Gasteiger partial charge is 0.416 e. The molecule has 1 aliphatic heterocycles. The number of carbonyl (C=O) groups is 1. The highest BCUT2D eigenvalue weighted by Crippen LogP contribution is 2.30. The molecule has 3 aromatic rings.